The van der Waals surface area contributed by atoms with E-state index in [9.17, 15) is 4.79 Å². The minimum absolute atomic E-state index is 0.634. The van der Waals surface area contributed by atoms with Crippen LogP contribution in [0.4, 0.5) is 0 Å². The van der Waals surface area contributed by atoms with E-state index in [0.29, 0.717) is 5.56 Å². The molecule has 0 radical (unpaired) electrons. The van der Waals surface area contributed by atoms with Gasteiger partial charge in [0, 0.05) is 17.3 Å². The first-order valence-electron chi connectivity index (χ1n) is 5.89. The summed E-state index contributed by atoms with van der Waals surface area (Å²) in [5, 5.41) is 0. The molecule has 0 amide bonds. The highest BCUT2D eigenvalue weighted by molar-refractivity contribution is 5.86. The van der Waals surface area contributed by atoms with Crippen LogP contribution in [0, 0.1) is 0 Å². The summed E-state index contributed by atoms with van der Waals surface area (Å²) >= 11 is 0. The van der Waals surface area contributed by atoms with Gasteiger partial charge in [-0.3, -0.25) is 9.20 Å². The number of aromatic nitrogens is 2. The lowest BCUT2D eigenvalue weighted by Gasteiger charge is -2.04. The van der Waals surface area contributed by atoms with Gasteiger partial charge in [-0.1, -0.05) is 0 Å². The van der Waals surface area contributed by atoms with Crippen LogP contribution in [0.5, 0.6) is 5.75 Å². The lowest BCUT2D eigenvalue weighted by Crippen LogP contribution is -1.92. The Labute approximate surface area is 110 Å². The number of ether oxygens (including phenoxy) is 1. The summed E-state index contributed by atoms with van der Waals surface area (Å²) in [5.41, 5.74) is 2.42. The highest BCUT2D eigenvalue weighted by Gasteiger charge is 2.08. The molecule has 0 bridgehead atoms. The Balaban J connectivity index is 2.17. The van der Waals surface area contributed by atoms with E-state index in [0.717, 1.165) is 28.9 Å². The van der Waals surface area contributed by atoms with E-state index in [2.05, 4.69) is 4.98 Å². The highest BCUT2D eigenvalue weighted by atomic mass is 16.5. The first-order chi connectivity index (χ1) is 9.33. The molecular weight excluding hydrogens is 240 g/mol. The van der Waals surface area contributed by atoms with Gasteiger partial charge in [-0.2, -0.15) is 0 Å². The molecule has 3 aromatic rings. The quantitative estimate of drug-likeness (QED) is 0.673. The average Bonchev–Trinajstić information content (AvgIpc) is 2.91. The summed E-state index contributed by atoms with van der Waals surface area (Å²) in [7, 11) is 1.64. The smallest absolute Gasteiger partial charge is 0.152 e. The number of pyridine rings is 1. The second-order valence-electron chi connectivity index (χ2n) is 4.15. The monoisotopic (exact) mass is 252 g/mol. The topological polar surface area (TPSA) is 43.6 Å². The first kappa shape index (κ1) is 11.5. The lowest BCUT2D eigenvalue weighted by atomic mass is 10.2. The number of imidazole rings is 1. The molecule has 2 heterocycles. The predicted octanol–water partition coefficient (Wildman–Crippen LogP) is 2.82. The van der Waals surface area contributed by atoms with E-state index in [1.807, 2.05) is 40.9 Å². The number of hydrogen-bond donors (Lipinski definition) is 0. The molecule has 0 unspecified atom stereocenters. The van der Waals surface area contributed by atoms with Crippen molar-refractivity contribution in [2.45, 2.75) is 0 Å². The van der Waals surface area contributed by atoms with E-state index < -0.39 is 0 Å². The molecule has 4 heteroatoms. The standard InChI is InChI=1S/C15H12N2O2/c1-19-13-6-4-11(5-7-13)15-16-9-14-12(10-18)3-2-8-17(14)15/h2-10H,1H3. The van der Waals surface area contributed by atoms with Crippen molar-refractivity contribution in [1.82, 2.24) is 9.38 Å². The van der Waals surface area contributed by atoms with E-state index in [1.165, 1.54) is 0 Å². The zero-order chi connectivity index (χ0) is 13.2. The second kappa shape index (κ2) is 4.57. The zero-order valence-corrected chi connectivity index (χ0v) is 10.4. The Hall–Kier alpha value is -2.62. The molecule has 19 heavy (non-hydrogen) atoms. The second-order valence-corrected chi connectivity index (χ2v) is 4.15. The summed E-state index contributed by atoms with van der Waals surface area (Å²) in [6.45, 7) is 0. The number of methoxy groups -OCH3 is 1. The van der Waals surface area contributed by atoms with Crippen LogP contribution in [-0.2, 0) is 0 Å². The zero-order valence-electron chi connectivity index (χ0n) is 10.4. The third-order valence-corrected chi connectivity index (χ3v) is 3.08. The summed E-state index contributed by atoms with van der Waals surface area (Å²) in [6, 6.07) is 11.3. The van der Waals surface area contributed by atoms with E-state index in [4.69, 9.17) is 4.74 Å². The lowest BCUT2D eigenvalue weighted by molar-refractivity contribution is 0.112. The maximum atomic E-state index is 11.0. The SMILES string of the molecule is COc1ccc(-c2ncc3c(C=O)cccn23)cc1. The Morgan fingerprint density at radius 1 is 1.21 bits per heavy atom. The van der Waals surface area contributed by atoms with Crippen LogP contribution in [0.15, 0.2) is 48.8 Å². The van der Waals surface area contributed by atoms with Gasteiger partial charge >= 0.3 is 0 Å². The summed E-state index contributed by atoms with van der Waals surface area (Å²) in [5.74, 6) is 1.61. The van der Waals surface area contributed by atoms with Crippen LogP contribution < -0.4 is 4.74 Å². The van der Waals surface area contributed by atoms with Crippen LogP contribution in [0.3, 0.4) is 0 Å². The van der Waals surface area contributed by atoms with Crippen molar-refractivity contribution in [1.29, 1.82) is 0 Å². The number of nitrogens with zero attached hydrogens (tertiary/aromatic N) is 2. The van der Waals surface area contributed by atoms with Crippen molar-refractivity contribution in [2.24, 2.45) is 0 Å². The van der Waals surface area contributed by atoms with Crippen LogP contribution in [-0.4, -0.2) is 22.8 Å². The minimum atomic E-state index is 0.634. The molecule has 0 aliphatic carbocycles. The van der Waals surface area contributed by atoms with E-state index >= 15 is 0 Å². The molecule has 94 valence electrons. The number of hydrogen-bond acceptors (Lipinski definition) is 3. The largest absolute Gasteiger partial charge is 0.497 e. The number of carbonyl (C=O) groups excluding carboxylic acids is 1. The normalized spacial score (nSPS) is 10.6. The minimum Gasteiger partial charge on any atom is -0.497 e. The number of rotatable bonds is 3. The molecule has 0 spiro atoms. The molecule has 3 rings (SSSR count). The van der Waals surface area contributed by atoms with Crippen LogP contribution in [0.1, 0.15) is 10.4 Å². The van der Waals surface area contributed by atoms with Crippen molar-refractivity contribution in [2.75, 3.05) is 7.11 Å². The summed E-state index contributed by atoms with van der Waals surface area (Å²) < 4.78 is 7.05. The fourth-order valence-electron chi connectivity index (χ4n) is 2.10. The highest BCUT2D eigenvalue weighted by Crippen LogP contribution is 2.23. The van der Waals surface area contributed by atoms with Crippen LogP contribution in [0.2, 0.25) is 0 Å². The molecule has 0 saturated carbocycles. The van der Waals surface area contributed by atoms with Gasteiger partial charge in [0.05, 0.1) is 18.8 Å². The van der Waals surface area contributed by atoms with Crippen molar-refractivity contribution in [3.63, 3.8) is 0 Å². The number of carbonyl (C=O) groups is 1. The van der Waals surface area contributed by atoms with Crippen LogP contribution in [0.25, 0.3) is 16.9 Å². The first-order valence-corrected chi connectivity index (χ1v) is 5.89. The molecular formula is C15H12N2O2. The van der Waals surface area contributed by atoms with Gasteiger partial charge in [-0.05, 0) is 36.4 Å². The Morgan fingerprint density at radius 2 is 2.00 bits per heavy atom. The molecule has 4 nitrogen and oxygen atoms in total. The third kappa shape index (κ3) is 1.87. The van der Waals surface area contributed by atoms with Gasteiger partial charge in [-0.15, -0.1) is 0 Å². The molecule has 0 aliphatic heterocycles. The fraction of sp³-hybridized carbons (Fsp3) is 0.0667. The predicted molar refractivity (Wildman–Crippen MR) is 72.6 cm³/mol. The maximum absolute atomic E-state index is 11.0. The molecule has 0 atom stereocenters. The number of fused-ring (bicyclic) bond motifs is 1. The molecule has 0 fully saturated rings. The summed E-state index contributed by atoms with van der Waals surface area (Å²) in [4.78, 5) is 15.4. The third-order valence-electron chi connectivity index (χ3n) is 3.08. The Kier molecular flexibility index (Phi) is 2.76. The Morgan fingerprint density at radius 3 is 2.68 bits per heavy atom. The summed E-state index contributed by atoms with van der Waals surface area (Å²) in [6.07, 6.45) is 4.45. The van der Waals surface area contributed by atoms with Gasteiger partial charge in [0.2, 0.25) is 0 Å². The van der Waals surface area contributed by atoms with Crippen molar-refractivity contribution < 1.29 is 9.53 Å². The fourth-order valence-corrected chi connectivity index (χ4v) is 2.10. The van der Waals surface area contributed by atoms with Gasteiger partial charge < -0.3 is 4.74 Å². The Bertz CT molecular complexity index is 729. The van der Waals surface area contributed by atoms with Gasteiger partial charge in [-0.25, -0.2) is 4.98 Å². The molecule has 0 saturated heterocycles. The molecule has 0 aliphatic rings. The maximum Gasteiger partial charge on any atom is 0.152 e. The number of aldehydes is 1. The number of benzene rings is 1. The van der Waals surface area contributed by atoms with Gasteiger partial charge in [0.25, 0.3) is 0 Å². The van der Waals surface area contributed by atoms with Crippen molar-refractivity contribution in [3.8, 4) is 17.1 Å². The van der Waals surface area contributed by atoms with Crippen molar-refractivity contribution in [3.05, 3.63) is 54.4 Å². The van der Waals surface area contributed by atoms with E-state index in [1.54, 1.807) is 19.4 Å². The van der Waals surface area contributed by atoms with E-state index in [-0.39, 0.29) is 0 Å². The van der Waals surface area contributed by atoms with Crippen molar-refractivity contribution >= 4 is 11.8 Å². The molecule has 0 N–H and O–H groups in total. The van der Waals surface area contributed by atoms with Gasteiger partial charge in [0.1, 0.15) is 11.6 Å². The van der Waals surface area contributed by atoms with Crippen LogP contribution >= 0.6 is 0 Å². The molecule has 2 aromatic heterocycles. The van der Waals surface area contributed by atoms with Gasteiger partial charge in [0.15, 0.2) is 6.29 Å². The average molecular weight is 252 g/mol. The molecule has 1 aromatic carbocycles.